The molecule has 108 valence electrons. The van der Waals surface area contributed by atoms with Crippen LogP contribution < -0.4 is 4.90 Å². The summed E-state index contributed by atoms with van der Waals surface area (Å²) in [6.45, 7) is 7.66. The van der Waals surface area contributed by atoms with Crippen molar-refractivity contribution in [2.24, 2.45) is 0 Å². The van der Waals surface area contributed by atoms with Crippen molar-refractivity contribution in [3.63, 3.8) is 0 Å². The summed E-state index contributed by atoms with van der Waals surface area (Å²) in [5.74, 6) is 0. The molecule has 0 fully saturated rings. The Labute approximate surface area is 127 Å². The highest BCUT2D eigenvalue weighted by atomic mass is 35.5. The predicted molar refractivity (Wildman–Crippen MR) is 86.9 cm³/mol. The highest BCUT2D eigenvalue weighted by Gasteiger charge is 2.12. The van der Waals surface area contributed by atoms with Crippen molar-refractivity contribution in [2.45, 2.75) is 26.7 Å². The second kappa shape index (κ2) is 7.98. The Kier molecular flexibility index (Phi) is 6.98. The van der Waals surface area contributed by atoms with Crippen molar-refractivity contribution in [1.29, 1.82) is 0 Å². The molecule has 0 N–H and O–H groups in total. The number of hydrogen-bond donors (Lipinski definition) is 0. The third kappa shape index (κ3) is 4.55. The average molecular weight is 303 g/mol. The molecule has 0 aliphatic rings. The van der Waals surface area contributed by atoms with Gasteiger partial charge in [0.1, 0.15) is 0 Å². The lowest BCUT2D eigenvalue weighted by atomic mass is 10.1. The zero-order valence-corrected chi connectivity index (χ0v) is 13.9. The zero-order chi connectivity index (χ0) is 14.4. The molecule has 0 bridgehead atoms. The maximum atomic E-state index is 6.45. The Bertz CT molecular complexity index is 401. The van der Waals surface area contributed by atoms with Crippen LogP contribution in [0.15, 0.2) is 12.1 Å². The molecular weight excluding hydrogens is 279 g/mol. The van der Waals surface area contributed by atoms with Gasteiger partial charge in [0.25, 0.3) is 0 Å². The van der Waals surface area contributed by atoms with E-state index in [0.717, 1.165) is 53.8 Å². The summed E-state index contributed by atoms with van der Waals surface area (Å²) in [5, 5.41) is 1.56. The lowest BCUT2D eigenvalue weighted by Crippen LogP contribution is -2.24. The molecule has 0 unspecified atom stereocenters. The molecule has 4 heteroatoms. The van der Waals surface area contributed by atoms with E-state index < -0.39 is 0 Å². The summed E-state index contributed by atoms with van der Waals surface area (Å²) in [4.78, 5) is 4.43. The van der Waals surface area contributed by atoms with Gasteiger partial charge < -0.3 is 9.80 Å². The topological polar surface area (TPSA) is 6.48 Å². The second-order valence-electron chi connectivity index (χ2n) is 4.88. The zero-order valence-electron chi connectivity index (χ0n) is 12.3. The number of hydrogen-bond acceptors (Lipinski definition) is 2. The van der Waals surface area contributed by atoms with E-state index in [1.165, 1.54) is 0 Å². The Balaban J connectivity index is 2.75. The maximum Gasteiger partial charge on any atom is 0.0686 e. The normalized spacial score (nSPS) is 11.1. The summed E-state index contributed by atoms with van der Waals surface area (Å²) in [5.41, 5.74) is 2.10. The first-order valence-corrected chi connectivity index (χ1v) is 7.63. The van der Waals surface area contributed by atoms with E-state index in [1.807, 2.05) is 31.1 Å². The maximum absolute atomic E-state index is 6.45. The van der Waals surface area contributed by atoms with E-state index in [9.17, 15) is 0 Å². The minimum absolute atomic E-state index is 0.773. The van der Waals surface area contributed by atoms with E-state index in [-0.39, 0.29) is 0 Å². The Morgan fingerprint density at radius 3 is 2.21 bits per heavy atom. The predicted octanol–water partition coefficient (Wildman–Crippen LogP) is 4.33. The van der Waals surface area contributed by atoms with Crippen LogP contribution in [0.25, 0.3) is 0 Å². The number of rotatable bonds is 7. The summed E-state index contributed by atoms with van der Waals surface area (Å²) in [6, 6.07) is 3.91. The van der Waals surface area contributed by atoms with Crippen molar-refractivity contribution in [3.8, 4) is 0 Å². The van der Waals surface area contributed by atoms with Gasteiger partial charge >= 0.3 is 0 Å². The first-order valence-electron chi connectivity index (χ1n) is 6.87. The fourth-order valence-electron chi connectivity index (χ4n) is 2.18. The molecule has 2 nitrogen and oxygen atoms in total. The van der Waals surface area contributed by atoms with Crippen LogP contribution >= 0.6 is 23.2 Å². The molecule has 0 aliphatic carbocycles. The molecule has 0 radical (unpaired) electrons. The SMILES string of the molecule is CCN(CC)CCCc1c(Cl)ccc(N(C)C)c1Cl. The molecule has 0 saturated carbocycles. The minimum Gasteiger partial charge on any atom is -0.376 e. The van der Waals surface area contributed by atoms with Gasteiger partial charge in [0, 0.05) is 19.1 Å². The number of nitrogens with zero attached hydrogens (tertiary/aromatic N) is 2. The van der Waals surface area contributed by atoms with Gasteiger partial charge in [-0.3, -0.25) is 0 Å². The van der Waals surface area contributed by atoms with E-state index in [1.54, 1.807) is 0 Å². The van der Waals surface area contributed by atoms with Gasteiger partial charge in [0.15, 0.2) is 0 Å². The number of benzene rings is 1. The third-order valence-electron chi connectivity index (χ3n) is 3.44. The largest absolute Gasteiger partial charge is 0.376 e. The quantitative estimate of drug-likeness (QED) is 0.739. The summed E-state index contributed by atoms with van der Waals surface area (Å²) >= 11 is 12.7. The van der Waals surface area contributed by atoms with Crippen LogP contribution in [-0.2, 0) is 6.42 Å². The van der Waals surface area contributed by atoms with Crippen LogP contribution in [0.4, 0.5) is 5.69 Å². The van der Waals surface area contributed by atoms with Gasteiger partial charge in [-0.25, -0.2) is 0 Å². The molecule has 0 atom stereocenters. The van der Waals surface area contributed by atoms with Gasteiger partial charge in [0.05, 0.1) is 10.7 Å². The number of anilines is 1. The third-order valence-corrected chi connectivity index (χ3v) is 4.22. The Hall–Kier alpha value is -0.440. The van der Waals surface area contributed by atoms with Gasteiger partial charge in [-0.05, 0) is 50.2 Å². The molecule has 0 saturated heterocycles. The standard InChI is InChI=1S/C15H24Cl2N2/c1-5-19(6-2)11-7-8-12-13(16)9-10-14(15(12)17)18(3)4/h9-10H,5-8,11H2,1-4H3. The minimum atomic E-state index is 0.773. The summed E-state index contributed by atoms with van der Waals surface area (Å²) in [7, 11) is 3.99. The molecule has 19 heavy (non-hydrogen) atoms. The van der Waals surface area contributed by atoms with Crippen LogP contribution in [0.5, 0.6) is 0 Å². The monoisotopic (exact) mass is 302 g/mol. The van der Waals surface area contributed by atoms with Crippen molar-refractivity contribution in [3.05, 3.63) is 27.7 Å². The van der Waals surface area contributed by atoms with Gasteiger partial charge in [-0.2, -0.15) is 0 Å². The van der Waals surface area contributed by atoms with Gasteiger partial charge in [-0.15, -0.1) is 0 Å². The van der Waals surface area contributed by atoms with Crippen LogP contribution in [-0.4, -0.2) is 38.6 Å². The highest BCUT2D eigenvalue weighted by Crippen LogP contribution is 2.33. The van der Waals surface area contributed by atoms with Crippen LogP contribution in [0, 0.1) is 0 Å². The molecule has 1 aromatic carbocycles. The smallest absolute Gasteiger partial charge is 0.0686 e. The van der Waals surface area contributed by atoms with Gasteiger partial charge in [-0.1, -0.05) is 37.0 Å². The molecule has 0 amide bonds. The Morgan fingerprint density at radius 1 is 1.05 bits per heavy atom. The van der Waals surface area contributed by atoms with Crippen LogP contribution in [0.2, 0.25) is 10.0 Å². The first-order chi connectivity index (χ1) is 9.01. The summed E-state index contributed by atoms with van der Waals surface area (Å²) in [6.07, 6.45) is 2.01. The lowest BCUT2D eigenvalue weighted by Gasteiger charge is -2.20. The molecular formula is C15H24Cl2N2. The van der Waals surface area contributed by atoms with Crippen molar-refractivity contribution < 1.29 is 0 Å². The lowest BCUT2D eigenvalue weighted by molar-refractivity contribution is 0.300. The fraction of sp³-hybridized carbons (Fsp3) is 0.600. The average Bonchev–Trinajstić information content (AvgIpc) is 2.37. The van der Waals surface area contributed by atoms with Gasteiger partial charge in [0.2, 0.25) is 0 Å². The molecule has 1 rings (SSSR count). The van der Waals surface area contributed by atoms with E-state index in [2.05, 4.69) is 18.7 Å². The number of halogens is 2. The van der Waals surface area contributed by atoms with E-state index >= 15 is 0 Å². The van der Waals surface area contributed by atoms with Crippen molar-refractivity contribution in [2.75, 3.05) is 38.6 Å². The first kappa shape index (κ1) is 16.6. The Morgan fingerprint density at radius 2 is 1.68 bits per heavy atom. The van der Waals surface area contributed by atoms with E-state index in [4.69, 9.17) is 23.2 Å². The molecule has 0 heterocycles. The van der Waals surface area contributed by atoms with E-state index in [0.29, 0.717) is 0 Å². The second-order valence-corrected chi connectivity index (χ2v) is 5.67. The highest BCUT2D eigenvalue weighted by molar-refractivity contribution is 6.37. The fourth-order valence-corrected chi connectivity index (χ4v) is 2.91. The molecule has 0 spiro atoms. The molecule has 0 aliphatic heterocycles. The molecule has 0 aromatic heterocycles. The summed E-state index contributed by atoms with van der Waals surface area (Å²) < 4.78 is 0. The molecule has 1 aromatic rings. The van der Waals surface area contributed by atoms with Crippen molar-refractivity contribution in [1.82, 2.24) is 4.90 Å². The van der Waals surface area contributed by atoms with Crippen molar-refractivity contribution >= 4 is 28.9 Å². The van der Waals surface area contributed by atoms with Crippen LogP contribution in [0.1, 0.15) is 25.8 Å². The van der Waals surface area contributed by atoms with Crippen LogP contribution in [0.3, 0.4) is 0 Å².